The zero-order chi connectivity index (χ0) is 11.3. The molecule has 84 valence electrons. The Kier molecular flexibility index (Phi) is 4.81. The monoisotopic (exact) mass is 273 g/mol. The molecule has 1 amide bonds. The van der Waals surface area contributed by atoms with Gasteiger partial charge in [0.2, 0.25) is 5.91 Å². The molecule has 0 saturated heterocycles. The van der Waals surface area contributed by atoms with Crippen LogP contribution in [0.3, 0.4) is 0 Å². The molecule has 1 N–H and O–H groups in total. The molecule has 4 nitrogen and oxygen atoms in total. The molecule has 1 aromatic rings. The number of halogens is 1. The average Bonchev–Trinajstić information content (AvgIpc) is 2.50. The van der Waals surface area contributed by atoms with Gasteiger partial charge in [0.1, 0.15) is 6.54 Å². The highest BCUT2D eigenvalue weighted by atomic mass is 79.9. The van der Waals surface area contributed by atoms with Crippen molar-refractivity contribution in [2.75, 3.05) is 6.54 Å². The molecule has 0 aromatic carbocycles. The Labute approximate surface area is 98.2 Å². The molecule has 5 heteroatoms. The van der Waals surface area contributed by atoms with Crippen LogP contribution in [0.5, 0.6) is 0 Å². The maximum absolute atomic E-state index is 11.4. The lowest BCUT2D eigenvalue weighted by Gasteiger charge is -2.06. The highest BCUT2D eigenvalue weighted by Crippen LogP contribution is 2.05. The van der Waals surface area contributed by atoms with Crippen molar-refractivity contribution in [3.63, 3.8) is 0 Å². The van der Waals surface area contributed by atoms with E-state index in [0.717, 1.165) is 17.4 Å². The zero-order valence-electron chi connectivity index (χ0n) is 9.03. The largest absolute Gasteiger partial charge is 0.354 e. The van der Waals surface area contributed by atoms with Crippen molar-refractivity contribution in [2.24, 2.45) is 5.92 Å². The molecule has 1 rings (SSSR count). The molecule has 15 heavy (non-hydrogen) atoms. The normalized spacial score (nSPS) is 10.7. The lowest BCUT2D eigenvalue weighted by Crippen LogP contribution is -2.29. The first-order valence-corrected chi connectivity index (χ1v) is 5.82. The number of nitrogens with zero attached hydrogens (tertiary/aromatic N) is 2. The van der Waals surface area contributed by atoms with Gasteiger partial charge in [0.25, 0.3) is 0 Å². The van der Waals surface area contributed by atoms with Crippen LogP contribution in [0.1, 0.15) is 20.3 Å². The second-order valence-electron chi connectivity index (χ2n) is 3.89. The van der Waals surface area contributed by atoms with Gasteiger partial charge in [-0.25, -0.2) is 0 Å². The van der Waals surface area contributed by atoms with E-state index in [0.29, 0.717) is 5.92 Å². The van der Waals surface area contributed by atoms with Gasteiger partial charge in [-0.15, -0.1) is 0 Å². The standard InChI is InChI=1S/C10H16BrN3O/c1-8(2)3-4-12-10(15)7-14-6-9(11)5-13-14/h5-6,8H,3-4,7H2,1-2H3,(H,12,15). The Bertz CT molecular complexity index is 322. The van der Waals surface area contributed by atoms with Crippen molar-refractivity contribution < 1.29 is 4.79 Å². The Morgan fingerprint density at radius 2 is 2.40 bits per heavy atom. The minimum atomic E-state index is 0.00579. The number of hydrogen-bond acceptors (Lipinski definition) is 2. The van der Waals surface area contributed by atoms with E-state index in [2.05, 4.69) is 40.2 Å². The molecule has 0 bridgehead atoms. The minimum absolute atomic E-state index is 0.00579. The van der Waals surface area contributed by atoms with Crippen LogP contribution in [0.25, 0.3) is 0 Å². The highest BCUT2D eigenvalue weighted by Gasteiger charge is 2.03. The molecule has 0 spiro atoms. The van der Waals surface area contributed by atoms with Crippen LogP contribution in [0.2, 0.25) is 0 Å². The van der Waals surface area contributed by atoms with Crippen molar-refractivity contribution in [1.82, 2.24) is 15.1 Å². The third-order valence-corrected chi connectivity index (χ3v) is 2.36. The van der Waals surface area contributed by atoms with Crippen LogP contribution >= 0.6 is 15.9 Å². The maximum atomic E-state index is 11.4. The van der Waals surface area contributed by atoms with Gasteiger partial charge in [0, 0.05) is 12.7 Å². The fourth-order valence-electron chi connectivity index (χ4n) is 1.13. The minimum Gasteiger partial charge on any atom is -0.354 e. The number of nitrogens with one attached hydrogen (secondary N) is 1. The molecule has 0 aliphatic rings. The Balaban J connectivity index is 2.24. The first kappa shape index (κ1) is 12.2. The van der Waals surface area contributed by atoms with E-state index in [-0.39, 0.29) is 12.5 Å². The second-order valence-corrected chi connectivity index (χ2v) is 4.80. The molecule has 0 atom stereocenters. The third-order valence-electron chi connectivity index (χ3n) is 1.95. The van der Waals surface area contributed by atoms with Crippen molar-refractivity contribution in [2.45, 2.75) is 26.8 Å². The fraction of sp³-hybridized carbons (Fsp3) is 0.600. The summed E-state index contributed by atoms with van der Waals surface area (Å²) in [7, 11) is 0. The fourth-order valence-corrected chi connectivity index (χ4v) is 1.46. The van der Waals surface area contributed by atoms with Crippen LogP contribution < -0.4 is 5.32 Å². The van der Waals surface area contributed by atoms with Crippen molar-refractivity contribution in [3.8, 4) is 0 Å². The van der Waals surface area contributed by atoms with E-state index in [1.54, 1.807) is 17.1 Å². The summed E-state index contributed by atoms with van der Waals surface area (Å²) < 4.78 is 2.49. The number of aromatic nitrogens is 2. The second kappa shape index (κ2) is 5.90. The number of carbonyl (C=O) groups excluding carboxylic acids is 1. The smallest absolute Gasteiger partial charge is 0.241 e. The van der Waals surface area contributed by atoms with E-state index in [1.165, 1.54) is 0 Å². The van der Waals surface area contributed by atoms with Crippen LogP contribution in [-0.4, -0.2) is 22.2 Å². The van der Waals surface area contributed by atoms with Crippen molar-refractivity contribution in [3.05, 3.63) is 16.9 Å². The number of carbonyl (C=O) groups is 1. The van der Waals surface area contributed by atoms with E-state index in [9.17, 15) is 4.79 Å². The average molecular weight is 274 g/mol. The number of hydrogen-bond donors (Lipinski definition) is 1. The predicted molar refractivity (Wildman–Crippen MR) is 62.4 cm³/mol. The van der Waals surface area contributed by atoms with Crippen LogP contribution in [0.15, 0.2) is 16.9 Å². The third kappa shape index (κ3) is 4.97. The summed E-state index contributed by atoms with van der Waals surface area (Å²) in [6.07, 6.45) is 4.46. The lowest BCUT2D eigenvalue weighted by atomic mass is 10.1. The number of amides is 1. The summed E-state index contributed by atoms with van der Waals surface area (Å²) in [5.74, 6) is 0.621. The summed E-state index contributed by atoms with van der Waals surface area (Å²) in [6.45, 7) is 5.29. The van der Waals surface area contributed by atoms with Crippen LogP contribution in [-0.2, 0) is 11.3 Å². The Morgan fingerprint density at radius 1 is 1.67 bits per heavy atom. The molecule has 0 saturated carbocycles. The number of rotatable bonds is 5. The molecule has 1 heterocycles. The predicted octanol–water partition coefficient (Wildman–Crippen LogP) is 1.81. The van der Waals surface area contributed by atoms with E-state index in [1.807, 2.05) is 0 Å². The molecule has 0 fully saturated rings. The topological polar surface area (TPSA) is 46.9 Å². The highest BCUT2D eigenvalue weighted by molar-refractivity contribution is 9.10. The Hall–Kier alpha value is -0.840. The summed E-state index contributed by atoms with van der Waals surface area (Å²) in [6, 6.07) is 0. The summed E-state index contributed by atoms with van der Waals surface area (Å²) in [5.41, 5.74) is 0. The van der Waals surface area contributed by atoms with Gasteiger partial charge in [0.15, 0.2) is 0 Å². The SMILES string of the molecule is CC(C)CCNC(=O)Cn1cc(Br)cn1. The zero-order valence-corrected chi connectivity index (χ0v) is 10.6. The summed E-state index contributed by atoms with van der Waals surface area (Å²) >= 11 is 3.28. The molecule has 0 unspecified atom stereocenters. The molecule has 1 aromatic heterocycles. The van der Waals surface area contributed by atoms with E-state index < -0.39 is 0 Å². The summed E-state index contributed by atoms with van der Waals surface area (Å²) in [4.78, 5) is 11.4. The summed E-state index contributed by atoms with van der Waals surface area (Å²) in [5, 5.41) is 6.86. The van der Waals surface area contributed by atoms with Gasteiger partial charge in [-0.05, 0) is 28.3 Å². The van der Waals surface area contributed by atoms with Gasteiger partial charge >= 0.3 is 0 Å². The van der Waals surface area contributed by atoms with Gasteiger partial charge in [-0.3, -0.25) is 9.48 Å². The van der Waals surface area contributed by atoms with E-state index >= 15 is 0 Å². The molecule has 0 aliphatic heterocycles. The van der Waals surface area contributed by atoms with Gasteiger partial charge in [-0.2, -0.15) is 5.10 Å². The van der Waals surface area contributed by atoms with E-state index in [4.69, 9.17) is 0 Å². The van der Waals surface area contributed by atoms with Crippen LogP contribution in [0.4, 0.5) is 0 Å². The lowest BCUT2D eigenvalue weighted by molar-refractivity contribution is -0.121. The maximum Gasteiger partial charge on any atom is 0.241 e. The molecule has 0 radical (unpaired) electrons. The van der Waals surface area contributed by atoms with Crippen LogP contribution in [0, 0.1) is 5.92 Å². The van der Waals surface area contributed by atoms with Crippen molar-refractivity contribution >= 4 is 21.8 Å². The first-order valence-electron chi connectivity index (χ1n) is 5.02. The van der Waals surface area contributed by atoms with Gasteiger partial charge < -0.3 is 5.32 Å². The van der Waals surface area contributed by atoms with Gasteiger partial charge in [-0.1, -0.05) is 13.8 Å². The first-order chi connectivity index (χ1) is 7.08. The quantitative estimate of drug-likeness (QED) is 0.890. The molecular formula is C10H16BrN3O. The van der Waals surface area contributed by atoms with Gasteiger partial charge in [0.05, 0.1) is 10.7 Å². The van der Waals surface area contributed by atoms with Crippen molar-refractivity contribution in [1.29, 1.82) is 0 Å². The Morgan fingerprint density at radius 3 is 2.93 bits per heavy atom. The molecule has 0 aliphatic carbocycles. The molecular weight excluding hydrogens is 258 g/mol.